The van der Waals surface area contributed by atoms with Crippen LogP contribution in [0.15, 0.2) is 48.5 Å². The molecule has 1 aliphatic heterocycles. The Hall–Kier alpha value is -2.82. The molecule has 0 radical (unpaired) electrons. The summed E-state index contributed by atoms with van der Waals surface area (Å²) >= 11 is 0. The fourth-order valence-electron chi connectivity index (χ4n) is 4.13. The van der Waals surface area contributed by atoms with Crippen molar-refractivity contribution in [3.8, 4) is 11.1 Å². The van der Waals surface area contributed by atoms with Crippen molar-refractivity contribution in [2.75, 3.05) is 13.3 Å². The lowest BCUT2D eigenvalue weighted by Crippen LogP contribution is -2.40. The average Bonchev–Trinajstić information content (AvgIpc) is 3.36. The second-order valence-electron chi connectivity index (χ2n) is 7.15. The van der Waals surface area contributed by atoms with Crippen LogP contribution in [0.2, 0.25) is 0 Å². The van der Waals surface area contributed by atoms with Crippen molar-refractivity contribution in [1.29, 1.82) is 0 Å². The third-order valence-electron chi connectivity index (χ3n) is 5.56. The number of cyclic esters (lactones) is 1. The molecule has 0 bridgehead atoms. The summed E-state index contributed by atoms with van der Waals surface area (Å²) in [6, 6.07) is 16.0. The summed E-state index contributed by atoms with van der Waals surface area (Å²) < 4.78 is 10.7. The van der Waals surface area contributed by atoms with Crippen molar-refractivity contribution >= 4 is 12.1 Å². The summed E-state index contributed by atoms with van der Waals surface area (Å²) in [4.78, 5) is 25.9. The molecule has 1 amide bonds. The fourth-order valence-corrected chi connectivity index (χ4v) is 4.13. The molecule has 3 aliphatic rings. The number of hydrogen-bond donors (Lipinski definition) is 0. The predicted molar refractivity (Wildman–Crippen MR) is 94.4 cm³/mol. The largest absolute Gasteiger partial charge is 0.448 e. The molecule has 2 aromatic rings. The quantitative estimate of drug-likeness (QED) is 0.796. The summed E-state index contributed by atoms with van der Waals surface area (Å²) in [6.07, 6.45) is 1.47. The molecule has 0 N–H and O–H groups in total. The summed E-state index contributed by atoms with van der Waals surface area (Å²) in [6.45, 7) is 0.256. The van der Waals surface area contributed by atoms with E-state index in [-0.39, 0.29) is 31.1 Å². The molecule has 1 heterocycles. The number of carbonyl (C=O) groups excluding carboxylic acids is 2. The highest BCUT2D eigenvalue weighted by Crippen LogP contribution is 2.44. The van der Waals surface area contributed by atoms with Crippen LogP contribution in [0.3, 0.4) is 0 Å². The first-order valence-electron chi connectivity index (χ1n) is 9.02. The number of rotatable bonds is 3. The Kier molecular flexibility index (Phi) is 3.48. The number of benzene rings is 2. The van der Waals surface area contributed by atoms with E-state index >= 15 is 0 Å². The number of nitrogens with zero attached hydrogens (tertiary/aromatic N) is 1. The van der Waals surface area contributed by atoms with Gasteiger partial charge in [-0.3, -0.25) is 4.90 Å². The van der Waals surface area contributed by atoms with Gasteiger partial charge in [-0.2, -0.15) is 0 Å². The van der Waals surface area contributed by atoms with Crippen LogP contribution < -0.4 is 0 Å². The lowest BCUT2D eigenvalue weighted by Gasteiger charge is -2.21. The monoisotopic (exact) mass is 349 g/mol. The average molecular weight is 349 g/mol. The van der Waals surface area contributed by atoms with E-state index in [9.17, 15) is 9.59 Å². The molecule has 26 heavy (non-hydrogen) atoms. The number of hydrogen-bond acceptors (Lipinski definition) is 4. The van der Waals surface area contributed by atoms with Crippen LogP contribution in [-0.4, -0.2) is 36.3 Å². The predicted octanol–water partition coefficient (Wildman–Crippen LogP) is 3.53. The number of esters is 1. The van der Waals surface area contributed by atoms with Gasteiger partial charge in [0.2, 0.25) is 0 Å². The van der Waals surface area contributed by atoms with E-state index in [2.05, 4.69) is 24.3 Å². The molecule has 0 aromatic heterocycles. The zero-order chi connectivity index (χ0) is 17.7. The van der Waals surface area contributed by atoms with Crippen LogP contribution in [0.1, 0.15) is 29.9 Å². The maximum atomic E-state index is 12.6. The SMILES string of the molecule is O=C1OCN(C(=O)OCC2c3ccccc3-c3ccccc32)[C@H]1C1CC1. The number of ether oxygens (including phenoxy) is 2. The number of fused-ring (bicyclic) bond motifs is 3. The van der Waals surface area contributed by atoms with Crippen molar-refractivity contribution < 1.29 is 19.1 Å². The van der Waals surface area contributed by atoms with Crippen LogP contribution in [0.4, 0.5) is 4.79 Å². The van der Waals surface area contributed by atoms with Crippen molar-refractivity contribution in [2.45, 2.75) is 24.8 Å². The van der Waals surface area contributed by atoms with E-state index in [1.165, 1.54) is 27.2 Å². The highest BCUT2D eigenvalue weighted by atomic mass is 16.6. The minimum absolute atomic E-state index is 0.00330. The molecule has 1 saturated carbocycles. The van der Waals surface area contributed by atoms with Crippen LogP contribution >= 0.6 is 0 Å². The van der Waals surface area contributed by atoms with Gasteiger partial charge in [0.1, 0.15) is 12.6 Å². The molecule has 5 nitrogen and oxygen atoms in total. The van der Waals surface area contributed by atoms with Crippen molar-refractivity contribution in [2.24, 2.45) is 5.92 Å². The standard InChI is InChI=1S/C21H19NO4/c23-20-19(13-9-10-13)22(12-26-20)21(24)25-11-18-16-7-3-1-5-14(16)15-6-2-4-8-17(15)18/h1-8,13,18-19H,9-12H2/t19-/m0/s1. The van der Waals surface area contributed by atoms with Gasteiger partial charge >= 0.3 is 12.1 Å². The smallest absolute Gasteiger partial charge is 0.413 e. The van der Waals surface area contributed by atoms with Gasteiger partial charge in [0.15, 0.2) is 6.73 Å². The summed E-state index contributed by atoms with van der Waals surface area (Å²) in [7, 11) is 0. The van der Waals surface area contributed by atoms with Crippen LogP contribution in [-0.2, 0) is 14.3 Å². The lowest BCUT2D eigenvalue weighted by molar-refractivity contribution is -0.139. The maximum Gasteiger partial charge on any atom is 0.413 e. The van der Waals surface area contributed by atoms with Crippen LogP contribution in [0.25, 0.3) is 11.1 Å². The highest BCUT2D eigenvalue weighted by molar-refractivity contribution is 5.84. The Morgan fingerprint density at radius 3 is 2.27 bits per heavy atom. The molecule has 5 rings (SSSR count). The second kappa shape index (κ2) is 5.87. The van der Waals surface area contributed by atoms with Gasteiger partial charge in [-0.1, -0.05) is 48.5 Å². The molecule has 5 heteroatoms. The molecule has 132 valence electrons. The third-order valence-corrected chi connectivity index (χ3v) is 5.56. The van der Waals surface area contributed by atoms with E-state index in [1.54, 1.807) is 0 Å². The van der Waals surface area contributed by atoms with Gasteiger partial charge < -0.3 is 9.47 Å². The van der Waals surface area contributed by atoms with Crippen LogP contribution in [0.5, 0.6) is 0 Å². The number of amides is 1. The Morgan fingerprint density at radius 1 is 1.04 bits per heavy atom. The van der Waals surface area contributed by atoms with Gasteiger partial charge in [0.05, 0.1) is 0 Å². The molecule has 0 unspecified atom stereocenters. The molecule has 2 fully saturated rings. The maximum absolute atomic E-state index is 12.6. The first-order valence-corrected chi connectivity index (χ1v) is 9.02. The molecule has 1 atom stereocenters. The van der Waals surface area contributed by atoms with Crippen molar-refractivity contribution in [1.82, 2.24) is 4.90 Å². The molecule has 1 saturated heterocycles. The fraction of sp³-hybridized carbons (Fsp3) is 0.333. The van der Waals surface area contributed by atoms with Crippen LogP contribution in [0, 0.1) is 5.92 Å². The highest BCUT2D eigenvalue weighted by Gasteiger charge is 2.48. The van der Waals surface area contributed by atoms with Gasteiger partial charge in [-0.15, -0.1) is 0 Å². The van der Waals surface area contributed by atoms with E-state index in [0.717, 1.165) is 12.8 Å². The lowest BCUT2D eigenvalue weighted by atomic mass is 9.98. The summed E-state index contributed by atoms with van der Waals surface area (Å²) in [5, 5.41) is 0. The van der Waals surface area contributed by atoms with E-state index in [1.807, 2.05) is 24.3 Å². The van der Waals surface area contributed by atoms with Gasteiger partial charge in [-0.25, -0.2) is 9.59 Å². The summed E-state index contributed by atoms with van der Waals surface area (Å²) in [5.74, 6) is -0.0589. The first-order chi connectivity index (χ1) is 12.7. The molecule has 2 aromatic carbocycles. The van der Waals surface area contributed by atoms with Gasteiger partial charge in [0.25, 0.3) is 0 Å². The minimum Gasteiger partial charge on any atom is -0.448 e. The Morgan fingerprint density at radius 2 is 1.65 bits per heavy atom. The molecular weight excluding hydrogens is 330 g/mol. The van der Waals surface area contributed by atoms with Crippen molar-refractivity contribution in [3.05, 3.63) is 59.7 Å². The van der Waals surface area contributed by atoms with E-state index in [4.69, 9.17) is 9.47 Å². The molecule has 2 aliphatic carbocycles. The molecular formula is C21H19NO4. The zero-order valence-electron chi connectivity index (χ0n) is 14.3. The topological polar surface area (TPSA) is 55.8 Å². The van der Waals surface area contributed by atoms with E-state index < -0.39 is 12.1 Å². The Labute approximate surface area is 151 Å². The van der Waals surface area contributed by atoms with Gasteiger partial charge in [-0.05, 0) is 41.0 Å². The Balaban J connectivity index is 1.35. The normalized spacial score (nSPS) is 21.3. The summed E-state index contributed by atoms with van der Waals surface area (Å²) in [5.41, 5.74) is 4.74. The van der Waals surface area contributed by atoms with Gasteiger partial charge in [0, 0.05) is 5.92 Å². The van der Waals surface area contributed by atoms with Crippen molar-refractivity contribution in [3.63, 3.8) is 0 Å². The second-order valence-corrected chi connectivity index (χ2v) is 7.15. The van der Waals surface area contributed by atoms with E-state index in [0.29, 0.717) is 0 Å². The molecule has 0 spiro atoms. The first kappa shape index (κ1) is 15.4. The zero-order valence-corrected chi connectivity index (χ0v) is 14.3. The Bertz CT molecular complexity index is 844. The number of carbonyl (C=O) groups is 2. The third kappa shape index (κ3) is 2.38. The minimum atomic E-state index is -0.467.